The van der Waals surface area contributed by atoms with Gasteiger partial charge in [0, 0.05) is 37.2 Å². The predicted molar refractivity (Wildman–Crippen MR) is 120 cm³/mol. The molecule has 8 heteroatoms. The number of amides is 1. The maximum atomic E-state index is 12.9. The van der Waals surface area contributed by atoms with Crippen LogP contribution in [0.2, 0.25) is 5.02 Å². The van der Waals surface area contributed by atoms with Gasteiger partial charge in [0.25, 0.3) is 0 Å². The fraction of sp³-hybridized carbons (Fsp3) is 0.682. The van der Waals surface area contributed by atoms with Gasteiger partial charge in [0.1, 0.15) is 0 Å². The third kappa shape index (κ3) is 5.96. The molecule has 6 nitrogen and oxygen atoms in total. The van der Waals surface area contributed by atoms with Crippen molar-refractivity contribution in [3.63, 3.8) is 0 Å². The number of sulfonamides is 1. The lowest BCUT2D eigenvalue weighted by Crippen LogP contribution is -2.46. The molecule has 1 aromatic carbocycles. The van der Waals surface area contributed by atoms with Gasteiger partial charge in [-0.1, -0.05) is 24.9 Å². The van der Waals surface area contributed by atoms with Crippen LogP contribution in [0, 0.1) is 5.92 Å². The van der Waals surface area contributed by atoms with Crippen LogP contribution in [0.1, 0.15) is 51.9 Å². The molecule has 0 spiro atoms. The van der Waals surface area contributed by atoms with E-state index >= 15 is 0 Å². The summed E-state index contributed by atoms with van der Waals surface area (Å²) in [5, 5.41) is 3.54. The first-order valence-corrected chi connectivity index (χ1v) is 13.0. The minimum Gasteiger partial charge on any atom is -0.356 e. The molecule has 0 radical (unpaired) electrons. The van der Waals surface area contributed by atoms with Crippen LogP contribution in [0.25, 0.3) is 0 Å². The molecule has 2 aliphatic rings. The molecule has 2 aliphatic heterocycles. The largest absolute Gasteiger partial charge is 0.356 e. The van der Waals surface area contributed by atoms with Crippen molar-refractivity contribution in [1.82, 2.24) is 14.5 Å². The maximum Gasteiger partial charge on any atom is 0.243 e. The number of piperidine rings is 2. The van der Waals surface area contributed by atoms with Crippen LogP contribution in [-0.4, -0.2) is 62.3 Å². The average molecular weight is 456 g/mol. The molecule has 30 heavy (non-hydrogen) atoms. The summed E-state index contributed by atoms with van der Waals surface area (Å²) in [6, 6.07) is 6.87. The molecule has 168 valence electrons. The van der Waals surface area contributed by atoms with Crippen molar-refractivity contribution in [3.05, 3.63) is 29.3 Å². The van der Waals surface area contributed by atoms with Crippen molar-refractivity contribution >= 4 is 27.5 Å². The molecule has 0 saturated carbocycles. The van der Waals surface area contributed by atoms with Crippen molar-refractivity contribution in [3.8, 4) is 0 Å². The number of likely N-dealkylation sites (tertiary alicyclic amines) is 1. The third-order valence-electron chi connectivity index (χ3n) is 6.35. The van der Waals surface area contributed by atoms with E-state index in [1.165, 1.54) is 42.1 Å². The Morgan fingerprint density at radius 3 is 2.63 bits per heavy atom. The topological polar surface area (TPSA) is 69.7 Å². The van der Waals surface area contributed by atoms with Crippen molar-refractivity contribution in [2.24, 2.45) is 5.92 Å². The summed E-state index contributed by atoms with van der Waals surface area (Å²) in [5.41, 5.74) is 0. The molecule has 2 fully saturated rings. The first-order valence-electron chi connectivity index (χ1n) is 11.2. The highest BCUT2D eigenvalue weighted by molar-refractivity contribution is 7.89. The molecule has 0 bridgehead atoms. The number of carbonyl (C=O) groups excluding carboxylic acids is 1. The van der Waals surface area contributed by atoms with Gasteiger partial charge in [-0.15, -0.1) is 0 Å². The van der Waals surface area contributed by atoms with E-state index < -0.39 is 10.0 Å². The second kappa shape index (κ2) is 10.9. The fourth-order valence-corrected chi connectivity index (χ4v) is 6.23. The summed E-state index contributed by atoms with van der Waals surface area (Å²) >= 11 is 5.87. The summed E-state index contributed by atoms with van der Waals surface area (Å²) in [7, 11) is -3.61. The highest BCUT2D eigenvalue weighted by atomic mass is 35.5. The normalized spacial score (nSPS) is 23.9. The predicted octanol–water partition coefficient (Wildman–Crippen LogP) is 3.51. The van der Waals surface area contributed by atoms with Crippen LogP contribution in [-0.2, 0) is 14.8 Å². The van der Waals surface area contributed by atoms with E-state index in [9.17, 15) is 13.2 Å². The monoisotopic (exact) mass is 455 g/mol. The van der Waals surface area contributed by atoms with Crippen LogP contribution in [0.5, 0.6) is 0 Å². The molecule has 2 saturated heterocycles. The molecule has 2 heterocycles. The molecule has 3 rings (SSSR count). The molecule has 0 aliphatic carbocycles. The summed E-state index contributed by atoms with van der Waals surface area (Å²) in [4.78, 5) is 15.4. The van der Waals surface area contributed by atoms with E-state index in [0.29, 0.717) is 30.6 Å². The number of hydrogen-bond donors (Lipinski definition) is 1. The third-order valence-corrected chi connectivity index (χ3v) is 8.48. The van der Waals surface area contributed by atoms with E-state index in [4.69, 9.17) is 11.6 Å². The van der Waals surface area contributed by atoms with Crippen molar-refractivity contribution in [2.45, 2.75) is 62.8 Å². The molecule has 0 aromatic heterocycles. The van der Waals surface area contributed by atoms with Gasteiger partial charge < -0.3 is 10.2 Å². The minimum absolute atomic E-state index is 0.0308. The molecular weight excluding hydrogens is 422 g/mol. The lowest BCUT2D eigenvalue weighted by molar-refractivity contribution is -0.126. The van der Waals surface area contributed by atoms with Gasteiger partial charge >= 0.3 is 0 Å². The first kappa shape index (κ1) is 23.5. The van der Waals surface area contributed by atoms with E-state index in [0.717, 1.165) is 25.9 Å². The number of nitrogens with zero attached hydrogens (tertiary/aromatic N) is 2. The summed E-state index contributed by atoms with van der Waals surface area (Å²) in [5.74, 6) is -0.323. The van der Waals surface area contributed by atoms with Crippen LogP contribution in [0.15, 0.2) is 29.2 Å². The minimum atomic E-state index is -3.61. The maximum absolute atomic E-state index is 12.9. The van der Waals surface area contributed by atoms with Crippen LogP contribution in [0.3, 0.4) is 0 Å². The molecule has 1 N–H and O–H groups in total. The summed E-state index contributed by atoms with van der Waals surface area (Å²) < 4.78 is 27.2. The van der Waals surface area contributed by atoms with E-state index in [-0.39, 0.29) is 23.3 Å². The van der Waals surface area contributed by atoms with Crippen LogP contribution in [0.4, 0.5) is 0 Å². The Labute approximate surface area is 186 Å². The Hall–Kier alpha value is -1.15. The number of benzene rings is 1. The molecule has 2 atom stereocenters. The van der Waals surface area contributed by atoms with Gasteiger partial charge in [-0.2, -0.15) is 4.31 Å². The van der Waals surface area contributed by atoms with E-state index in [1.807, 2.05) is 0 Å². The lowest BCUT2D eigenvalue weighted by atomic mass is 9.98. The summed E-state index contributed by atoms with van der Waals surface area (Å²) in [6.07, 6.45) is 7.40. The van der Waals surface area contributed by atoms with E-state index in [1.54, 1.807) is 12.1 Å². The number of rotatable bonds is 8. The Morgan fingerprint density at radius 2 is 1.90 bits per heavy atom. The van der Waals surface area contributed by atoms with Crippen molar-refractivity contribution in [2.75, 3.05) is 32.7 Å². The molecule has 2 unspecified atom stereocenters. The van der Waals surface area contributed by atoms with Gasteiger partial charge in [0.2, 0.25) is 15.9 Å². The second-order valence-corrected chi connectivity index (χ2v) is 10.8. The van der Waals surface area contributed by atoms with Crippen molar-refractivity contribution < 1.29 is 13.2 Å². The highest BCUT2D eigenvalue weighted by Gasteiger charge is 2.33. The average Bonchev–Trinajstić information content (AvgIpc) is 2.77. The van der Waals surface area contributed by atoms with Crippen LogP contribution < -0.4 is 5.32 Å². The quantitative estimate of drug-likeness (QED) is 0.609. The zero-order valence-corrected chi connectivity index (χ0v) is 19.4. The Morgan fingerprint density at radius 1 is 1.13 bits per heavy atom. The molecular formula is C22H34ClN3O3S. The van der Waals surface area contributed by atoms with E-state index in [2.05, 4.69) is 17.1 Å². The van der Waals surface area contributed by atoms with Crippen LogP contribution >= 0.6 is 11.6 Å². The van der Waals surface area contributed by atoms with Gasteiger partial charge in [0.05, 0.1) is 10.8 Å². The number of carbonyl (C=O) groups is 1. The molecule has 1 aromatic rings. The zero-order valence-electron chi connectivity index (χ0n) is 17.9. The van der Waals surface area contributed by atoms with Gasteiger partial charge in [-0.25, -0.2) is 8.42 Å². The fourth-order valence-electron chi connectivity index (χ4n) is 4.59. The van der Waals surface area contributed by atoms with Gasteiger partial charge in [0.15, 0.2) is 0 Å². The number of hydrogen-bond acceptors (Lipinski definition) is 4. The van der Waals surface area contributed by atoms with Gasteiger partial charge in [-0.05, 0) is 69.3 Å². The highest BCUT2D eigenvalue weighted by Crippen LogP contribution is 2.25. The Bertz CT molecular complexity index is 800. The zero-order chi connectivity index (χ0) is 21.6. The van der Waals surface area contributed by atoms with Crippen molar-refractivity contribution in [1.29, 1.82) is 0 Å². The lowest BCUT2D eigenvalue weighted by Gasteiger charge is -2.35. The number of halogens is 1. The smallest absolute Gasteiger partial charge is 0.243 e. The first-order chi connectivity index (χ1) is 14.4. The standard InChI is InChI=1S/C22H34ClN3O3S/c1-2-20-8-3-4-14-25(20)15-6-13-24-22(27)18-7-5-16-26(17-18)30(28,29)21-11-9-19(23)10-12-21/h9-12,18,20H,2-8,13-17H2,1H3,(H,24,27). The number of nitrogens with one attached hydrogen (secondary N) is 1. The summed E-state index contributed by atoms with van der Waals surface area (Å²) in [6.45, 7) is 5.75. The molecule has 1 amide bonds. The Kier molecular flexibility index (Phi) is 8.57. The Balaban J connectivity index is 1.47. The van der Waals surface area contributed by atoms with Gasteiger partial charge in [-0.3, -0.25) is 4.79 Å². The second-order valence-electron chi connectivity index (χ2n) is 8.39. The SMILES string of the molecule is CCC1CCCCN1CCCNC(=O)C1CCCN(S(=O)(=O)c2ccc(Cl)cc2)C1.